The van der Waals surface area contributed by atoms with E-state index in [1.54, 1.807) is 13.8 Å². The molecule has 4 aromatic carbocycles. The molecule has 0 saturated carbocycles. The molecule has 6 rings (SSSR count). The molecule has 0 radical (unpaired) electrons. The van der Waals surface area contributed by atoms with Crippen molar-refractivity contribution in [1.82, 2.24) is 4.57 Å². The number of hydrogen-bond donors (Lipinski definition) is 1. The number of benzene rings is 4. The molecule has 0 bridgehead atoms. The smallest absolute Gasteiger partial charge is 0.328 e. The minimum atomic E-state index is -1.02. The van der Waals surface area contributed by atoms with Crippen LogP contribution >= 0.6 is 0 Å². The summed E-state index contributed by atoms with van der Waals surface area (Å²) in [5.74, 6) is 0. The molecule has 0 spiro atoms. The molecule has 1 N–H and O–H groups in total. The standard InChI is InChI=1S/C31H30BNO3/c1-30(2,34)31(3,4)36-32(5)25-19-20(18-24-23-14-8-11-17-28(23)35-29(24)25)33-26-15-9-6-12-21(26)22-13-7-10-16-27(22)33/h6-19,34H,1-5H3. The Labute approximate surface area is 211 Å². The molecule has 36 heavy (non-hydrogen) atoms. The molecule has 0 aliphatic heterocycles. The van der Waals surface area contributed by atoms with Crippen LogP contribution in [0.15, 0.2) is 89.3 Å². The van der Waals surface area contributed by atoms with Crippen LogP contribution in [-0.4, -0.2) is 27.8 Å². The van der Waals surface area contributed by atoms with E-state index in [-0.39, 0.29) is 6.92 Å². The van der Waals surface area contributed by atoms with Gasteiger partial charge in [0.1, 0.15) is 11.2 Å². The van der Waals surface area contributed by atoms with E-state index in [0.717, 1.165) is 44.1 Å². The number of para-hydroxylation sites is 3. The predicted molar refractivity (Wildman–Crippen MR) is 151 cm³/mol. The Kier molecular flexibility index (Phi) is 5.08. The van der Waals surface area contributed by atoms with Crippen LogP contribution in [0.1, 0.15) is 27.7 Å². The summed E-state index contributed by atoms with van der Waals surface area (Å²) >= 11 is 0. The molecule has 0 aliphatic carbocycles. The zero-order valence-corrected chi connectivity index (χ0v) is 21.4. The first-order chi connectivity index (χ1) is 17.2. The summed E-state index contributed by atoms with van der Waals surface area (Å²) in [7, 11) is 0. The van der Waals surface area contributed by atoms with E-state index in [4.69, 9.17) is 9.07 Å². The van der Waals surface area contributed by atoms with E-state index < -0.39 is 11.2 Å². The monoisotopic (exact) mass is 475 g/mol. The fourth-order valence-corrected chi connectivity index (χ4v) is 5.12. The van der Waals surface area contributed by atoms with Gasteiger partial charge in [-0.25, -0.2) is 0 Å². The summed E-state index contributed by atoms with van der Waals surface area (Å²) < 4.78 is 15.2. The Hall–Kier alpha value is -3.54. The minimum Gasteiger partial charge on any atom is -0.457 e. The Morgan fingerprint density at radius 2 is 1.31 bits per heavy atom. The molecule has 4 nitrogen and oxygen atoms in total. The Morgan fingerprint density at radius 3 is 1.92 bits per heavy atom. The van der Waals surface area contributed by atoms with Gasteiger partial charge in [0.05, 0.1) is 22.2 Å². The topological polar surface area (TPSA) is 47.5 Å². The van der Waals surface area contributed by atoms with E-state index in [1.807, 2.05) is 38.9 Å². The quantitative estimate of drug-likeness (QED) is 0.271. The lowest BCUT2D eigenvalue weighted by Crippen LogP contribution is -2.52. The largest absolute Gasteiger partial charge is 0.457 e. The molecular formula is C31H30BNO3. The molecule has 0 aliphatic rings. The van der Waals surface area contributed by atoms with Crippen LogP contribution in [0.2, 0.25) is 6.82 Å². The van der Waals surface area contributed by atoms with Crippen molar-refractivity contribution in [3.8, 4) is 5.69 Å². The average Bonchev–Trinajstić information content (AvgIpc) is 3.38. The van der Waals surface area contributed by atoms with Crippen molar-refractivity contribution in [1.29, 1.82) is 0 Å². The molecular weight excluding hydrogens is 445 g/mol. The fourth-order valence-electron chi connectivity index (χ4n) is 5.12. The molecule has 6 aromatic rings. The van der Waals surface area contributed by atoms with E-state index in [2.05, 4.69) is 71.3 Å². The maximum Gasteiger partial charge on any atom is 0.328 e. The predicted octanol–water partition coefficient (Wildman–Crippen LogP) is 7.08. The maximum absolute atomic E-state index is 10.8. The van der Waals surface area contributed by atoms with Gasteiger partial charge in [-0.3, -0.25) is 0 Å². The van der Waals surface area contributed by atoms with Crippen LogP contribution < -0.4 is 5.46 Å². The maximum atomic E-state index is 10.8. The molecule has 180 valence electrons. The van der Waals surface area contributed by atoms with Crippen LogP contribution in [0.25, 0.3) is 49.4 Å². The number of aliphatic hydroxyl groups is 1. The van der Waals surface area contributed by atoms with Crippen molar-refractivity contribution >= 4 is 56.1 Å². The van der Waals surface area contributed by atoms with Gasteiger partial charge in [0.15, 0.2) is 0 Å². The van der Waals surface area contributed by atoms with Crippen LogP contribution in [0.4, 0.5) is 0 Å². The average molecular weight is 475 g/mol. The summed E-state index contributed by atoms with van der Waals surface area (Å²) in [6.45, 7) is 9.13. The van der Waals surface area contributed by atoms with Crippen LogP contribution in [0, 0.1) is 0 Å². The van der Waals surface area contributed by atoms with Gasteiger partial charge in [0.2, 0.25) is 0 Å². The molecule has 2 heterocycles. The summed E-state index contributed by atoms with van der Waals surface area (Å²) in [5, 5.41) is 15.3. The molecule has 5 heteroatoms. The van der Waals surface area contributed by atoms with Gasteiger partial charge in [-0.1, -0.05) is 61.4 Å². The Morgan fingerprint density at radius 1 is 0.750 bits per heavy atom. The molecule has 0 unspecified atom stereocenters. The molecule has 2 aromatic heterocycles. The number of rotatable bonds is 5. The third-order valence-corrected chi connectivity index (χ3v) is 7.71. The van der Waals surface area contributed by atoms with Crippen LogP contribution in [-0.2, 0) is 4.65 Å². The zero-order valence-electron chi connectivity index (χ0n) is 21.4. The summed E-state index contributed by atoms with van der Waals surface area (Å²) in [6.07, 6.45) is 0. The van der Waals surface area contributed by atoms with E-state index in [0.29, 0.717) is 0 Å². The highest BCUT2D eigenvalue weighted by Crippen LogP contribution is 2.35. The first-order valence-electron chi connectivity index (χ1n) is 12.5. The second kappa shape index (κ2) is 7.99. The van der Waals surface area contributed by atoms with Gasteiger partial charge in [0, 0.05) is 27.2 Å². The lowest BCUT2D eigenvalue weighted by molar-refractivity contribution is -0.0917. The molecule has 0 fully saturated rings. The number of nitrogens with zero attached hydrogens (tertiary/aromatic N) is 1. The third kappa shape index (κ3) is 3.46. The summed E-state index contributed by atoms with van der Waals surface area (Å²) in [6, 6.07) is 29.6. The van der Waals surface area contributed by atoms with Crippen LogP contribution in [0.3, 0.4) is 0 Å². The Bertz CT molecular complexity index is 1700. The van der Waals surface area contributed by atoms with Crippen molar-refractivity contribution in [2.45, 2.75) is 45.7 Å². The molecule has 0 amide bonds. The normalized spacial score (nSPS) is 12.8. The fraction of sp³-hybridized carbons (Fsp3) is 0.226. The molecule has 0 atom stereocenters. The highest BCUT2D eigenvalue weighted by Gasteiger charge is 2.39. The highest BCUT2D eigenvalue weighted by molar-refractivity contribution is 6.69. The van der Waals surface area contributed by atoms with Crippen molar-refractivity contribution in [3.63, 3.8) is 0 Å². The molecule has 0 saturated heterocycles. The number of fused-ring (bicyclic) bond motifs is 6. The van der Waals surface area contributed by atoms with Crippen molar-refractivity contribution in [2.75, 3.05) is 0 Å². The Balaban J connectivity index is 1.66. The van der Waals surface area contributed by atoms with Crippen molar-refractivity contribution in [2.24, 2.45) is 0 Å². The number of furan rings is 1. The van der Waals surface area contributed by atoms with Gasteiger partial charge in [-0.2, -0.15) is 0 Å². The van der Waals surface area contributed by atoms with E-state index in [9.17, 15) is 5.11 Å². The second-order valence-electron chi connectivity index (χ2n) is 10.7. The zero-order chi connectivity index (χ0) is 25.2. The van der Waals surface area contributed by atoms with E-state index in [1.165, 1.54) is 10.8 Å². The van der Waals surface area contributed by atoms with Gasteiger partial charge in [-0.05, 0) is 63.5 Å². The third-order valence-electron chi connectivity index (χ3n) is 7.71. The SMILES string of the molecule is CB(OC(C)(C)C(C)(C)O)c1cc(-n2c3ccccc3c3ccccc32)cc2c1oc1ccccc12. The van der Waals surface area contributed by atoms with Crippen molar-refractivity contribution in [3.05, 3.63) is 84.9 Å². The first-order valence-corrected chi connectivity index (χ1v) is 12.5. The summed E-state index contributed by atoms with van der Waals surface area (Å²) in [4.78, 5) is 0. The van der Waals surface area contributed by atoms with E-state index >= 15 is 0 Å². The first kappa shape index (κ1) is 22.9. The highest BCUT2D eigenvalue weighted by atomic mass is 16.5. The van der Waals surface area contributed by atoms with Gasteiger partial charge in [-0.15, -0.1) is 0 Å². The van der Waals surface area contributed by atoms with Crippen molar-refractivity contribution < 1.29 is 14.2 Å². The van der Waals surface area contributed by atoms with Gasteiger partial charge >= 0.3 is 6.92 Å². The lowest BCUT2D eigenvalue weighted by Gasteiger charge is -2.39. The number of hydrogen-bond acceptors (Lipinski definition) is 3. The number of aromatic nitrogens is 1. The van der Waals surface area contributed by atoms with Crippen LogP contribution in [0.5, 0.6) is 0 Å². The lowest BCUT2D eigenvalue weighted by atomic mass is 9.62. The minimum absolute atomic E-state index is 0.317. The second-order valence-corrected chi connectivity index (χ2v) is 10.7. The van der Waals surface area contributed by atoms with Gasteiger partial charge < -0.3 is 18.7 Å². The summed E-state index contributed by atoms with van der Waals surface area (Å²) in [5.41, 5.74) is 4.20. The van der Waals surface area contributed by atoms with Gasteiger partial charge in [0.25, 0.3) is 0 Å².